The van der Waals surface area contributed by atoms with Crippen LogP contribution in [0.1, 0.15) is 18.3 Å². The number of nitrogens with zero attached hydrogens (tertiary/aromatic N) is 8. The Hall–Kier alpha value is -4.37. The molecule has 0 saturated carbocycles. The first-order valence-electron chi connectivity index (χ1n) is 11.5. The van der Waals surface area contributed by atoms with Gasteiger partial charge < -0.3 is 5.01 Å². The molecular formula is C26H27N9. The minimum atomic E-state index is 0.441. The molecule has 0 unspecified atom stereocenters. The van der Waals surface area contributed by atoms with Gasteiger partial charge in [0.15, 0.2) is 5.82 Å². The van der Waals surface area contributed by atoms with Crippen molar-refractivity contribution < 1.29 is 0 Å². The van der Waals surface area contributed by atoms with E-state index in [0.717, 1.165) is 40.3 Å². The maximum atomic E-state index is 4.70. The minimum Gasteiger partial charge on any atom is -0.309 e. The first-order chi connectivity index (χ1) is 17.0. The van der Waals surface area contributed by atoms with E-state index in [-0.39, 0.29) is 0 Å². The van der Waals surface area contributed by atoms with E-state index in [2.05, 4.69) is 68.9 Å². The predicted octanol–water partition coefficient (Wildman–Crippen LogP) is 4.15. The van der Waals surface area contributed by atoms with Crippen molar-refractivity contribution in [2.24, 2.45) is 0 Å². The molecule has 3 heterocycles. The summed E-state index contributed by atoms with van der Waals surface area (Å²) in [6, 6.07) is 20.5. The molecule has 0 aliphatic carbocycles. The molecule has 5 rings (SSSR count). The summed E-state index contributed by atoms with van der Waals surface area (Å²) >= 11 is 0. The van der Waals surface area contributed by atoms with Crippen molar-refractivity contribution >= 4 is 5.69 Å². The van der Waals surface area contributed by atoms with Gasteiger partial charge in [0.1, 0.15) is 0 Å². The van der Waals surface area contributed by atoms with Gasteiger partial charge in [-0.3, -0.25) is 0 Å². The van der Waals surface area contributed by atoms with Gasteiger partial charge in [0, 0.05) is 31.5 Å². The van der Waals surface area contributed by atoms with Crippen molar-refractivity contribution in [3.8, 4) is 34.4 Å². The van der Waals surface area contributed by atoms with Gasteiger partial charge in [-0.05, 0) is 56.2 Å². The van der Waals surface area contributed by atoms with Crippen LogP contribution in [-0.2, 0) is 0 Å². The molecule has 9 heteroatoms. The summed E-state index contributed by atoms with van der Waals surface area (Å²) in [6.45, 7) is 6.86. The van der Waals surface area contributed by atoms with Gasteiger partial charge in [0.05, 0.1) is 17.1 Å². The Bertz CT molecular complexity index is 1370. The summed E-state index contributed by atoms with van der Waals surface area (Å²) in [6.07, 6.45) is 3.68. The van der Waals surface area contributed by atoms with Crippen molar-refractivity contribution in [3.63, 3.8) is 0 Å². The molecule has 3 aromatic heterocycles. The summed E-state index contributed by atoms with van der Waals surface area (Å²) < 4.78 is 3.31. The highest BCUT2D eigenvalue weighted by Crippen LogP contribution is 2.26. The van der Waals surface area contributed by atoms with Gasteiger partial charge in [0.25, 0.3) is 11.9 Å². The molecular weight excluding hydrogens is 438 g/mol. The summed E-state index contributed by atoms with van der Waals surface area (Å²) in [5.41, 5.74) is 9.23. The maximum absolute atomic E-state index is 4.70. The van der Waals surface area contributed by atoms with Crippen LogP contribution in [-0.4, -0.2) is 48.1 Å². The van der Waals surface area contributed by atoms with Gasteiger partial charge in [-0.15, -0.1) is 0 Å². The molecule has 0 fully saturated rings. The van der Waals surface area contributed by atoms with Crippen LogP contribution < -0.4 is 10.4 Å². The number of hydrogen-bond acceptors (Lipinski definition) is 7. The summed E-state index contributed by atoms with van der Waals surface area (Å²) in [5.74, 6) is 1.44. The van der Waals surface area contributed by atoms with Crippen molar-refractivity contribution in [2.45, 2.75) is 20.8 Å². The van der Waals surface area contributed by atoms with Crippen LogP contribution in [0, 0.1) is 13.8 Å². The molecule has 0 radical (unpaired) electrons. The molecule has 0 aliphatic heterocycles. The average molecular weight is 466 g/mol. The fraction of sp³-hybridized carbons (Fsp3) is 0.192. The van der Waals surface area contributed by atoms with E-state index < -0.39 is 0 Å². The van der Waals surface area contributed by atoms with Gasteiger partial charge in [0.2, 0.25) is 0 Å². The van der Waals surface area contributed by atoms with Crippen LogP contribution in [0.25, 0.3) is 34.4 Å². The minimum absolute atomic E-state index is 0.441. The highest BCUT2D eigenvalue weighted by molar-refractivity contribution is 5.69. The van der Waals surface area contributed by atoms with Crippen molar-refractivity contribution in [3.05, 3.63) is 84.4 Å². The molecule has 1 N–H and O–H groups in total. The number of rotatable bonds is 7. The van der Waals surface area contributed by atoms with E-state index in [4.69, 9.17) is 9.97 Å². The predicted molar refractivity (Wildman–Crippen MR) is 136 cm³/mol. The van der Waals surface area contributed by atoms with Gasteiger partial charge in [-0.2, -0.15) is 25.1 Å². The second-order valence-electron chi connectivity index (χ2n) is 8.15. The van der Waals surface area contributed by atoms with E-state index >= 15 is 0 Å². The standard InChI is InChI=1S/C26H27N9/c1-5-33(27-4)23-12-10-21(11-13-23)20-6-8-22(9-7-20)24-28-25(34-16-14-18(2)31-34)30-26(29-24)35-17-15-19(3)32-35/h6-17,27H,5H2,1-4H3. The molecule has 0 atom stereocenters. The lowest BCUT2D eigenvalue weighted by molar-refractivity contribution is 0.727. The molecule has 0 spiro atoms. The Morgan fingerprint density at radius 3 is 1.60 bits per heavy atom. The lowest BCUT2D eigenvalue weighted by Crippen LogP contribution is -2.34. The fourth-order valence-corrected chi connectivity index (χ4v) is 3.86. The van der Waals surface area contributed by atoms with Crippen LogP contribution >= 0.6 is 0 Å². The number of hydrogen-bond donors (Lipinski definition) is 1. The largest absolute Gasteiger partial charge is 0.309 e. The molecule has 176 valence electrons. The lowest BCUT2D eigenvalue weighted by Gasteiger charge is -2.21. The van der Waals surface area contributed by atoms with Gasteiger partial charge in [-0.1, -0.05) is 36.4 Å². The van der Waals surface area contributed by atoms with E-state index in [1.807, 2.05) is 57.6 Å². The van der Waals surface area contributed by atoms with Crippen LogP contribution in [0.5, 0.6) is 0 Å². The van der Waals surface area contributed by atoms with E-state index in [1.54, 1.807) is 9.36 Å². The van der Waals surface area contributed by atoms with Gasteiger partial charge in [-0.25, -0.2) is 14.8 Å². The number of aromatic nitrogens is 7. The third-order valence-corrected chi connectivity index (χ3v) is 5.71. The number of anilines is 1. The molecule has 0 saturated heterocycles. The molecule has 0 aliphatic rings. The highest BCUT2D eigenvalue weighted by Gasteiger charge is 2.13. The Labute approximate surface area is 204 Å². The number of benzene rings is 2. The van der Waals surface area contributed by atoms with Crippen LogP contribution in [0.3, 0.4) is 0 Å². The first kappa shape index (κ1) is 22.4. The highest BCUT2D eigenvalue weighted by atomic mass is 15.5. The monoisotopic (exact) mass is 465 g/mol. The molecule has 0 amide bonds. The zero-order valence-corrected chi connectivity index (χ0v) is 20.2. The molecule has 5 aromatic rings. The Morgan fingerprint density at radius 1 is 0.686 bits per heavy atom. The number of aryl methyl sites for hydroxylation is 2. The number of nitrogens with one attached hydrogen (secondary N) is 1. The van der Waals surface area contributed by atoms with Crippen molar-refractivity contribution in [2.75, 3.05) is 18.6 Å². The smallest absolute Gasteiger partial charge is 0.255 e. The molecule has 0 bridgehead atoms. The van der Waals surface area contributed by atoms with Crippen LogP contribution in [0.15, 0.2) is 73.1 Å². The second kappa shape index (κ2) is 9.47. The van der Waals surface area contributed by atoms with Gasteiger partial charge >= 0.3 is 0 Å². The average Bonchev–Trinajstić information content (AvgIpc) is 3.53. The molecule has 2 aromatic carbocycles. The van der Waals surface area contributed by atoms with E-state index in [1.165, 1.54) is 0 Å². The lowest BCUT2D eigenvalue weighted by atomic mass is 10.0. The molecule has 35 heavy (non-hydrogen) atoms. The third-order valence-electron chi connectivity index (χ3n) is 5.71. The Kier molecular flexibility index (Phi) is 6.07. The third kappa shape index (κ3) is 4.67. The summed E-state index contributed by atoms with van der Waals surface area (Å²) in [5, 5.41) is 11.0. The van der Waals surface area contributed by atoms with E-state index in [9.17, 15) is 0 Å². The normalized spacial score (nSPS) is 11.1. The van der Waals surface area contributed by atoms with Crippen molar-refractivity contribution in [1.82, 2.24) is 39.9 Å². The number of hydrazine groups is 1. The summed E-state index contributed by atoms with van der Waals surface area (Å²) in [7, 11) is 1.93. The fourth-order valence-electron chi connectivity index (χ4n) is 3.86. The SMILES string of the molecule is CCN(NC)c1ccc(-c2ccc(-c3nc(-n4ccc(C)n4)nc(-n4ccc(C)n4)n3)cc2)cc1. The Balaban J connectivity index is 1.49. The van der Waals surface area contributed by atoms with E-state index in [0.29, 0.717) is 17.7 Å². The van der Waals surface area contributed by atoms with Crippen LogP contribution in [0.4, 0.5) is 5.69 Å². The molecule has 9 nitrogen and oxygen atoms in total. The maximum Gasteiger partial charge on any atom is 0.255 e. The zero-order valence-electron chi connectivity index (χ0n) is 20.2. The Morgan fingerprint density at radius 2 is 1.17 bits per heavy atom. The topological polar surface area (TPSA) is 89.6 Å². The second-order valence-corrected chi connectivity index (χ2v) is 8.15. The quantitative estimate of drug-likeness (QED) is 0.361. The first-order valence-corrected chi connectivity index (χ1v) is 11.5. The zero-order chi connectivity index (χ0) is 24.4. The van der Waals surface area contributed by atoms with Crippen molar-refractivity contribution in [1.29, 1.82) is 0 Å². The summed E-state index contributed by atoms with van der Waals surface area (Å²) in [4.78, 5) is 14.0. The van der Waals surface area contributed by atoms with Crippen LogP contribution in [0.2, 0.25) is 0 Å².